The topological polar surface area (TPSA) is 139 Å². The molecule has 12 heteroatoms. The summed E-state index contributed by atoms with van der Waals surface area (Å²) in [7, 11) is 1.31. The predicted molar refractivity (Wildman–Crippen MR) is 140 cm³/mol. The van der Waals surface area contributed by atoms with E-state index in [2.05, 4.69) is 10.1 Å². The molecule has 3 rings (SSSR count). The maximum absolute atomic E-state index is 12.8. The zero-order valence-electron chi connectivity index (χ0n) is 19.3. The number of thiocarbonyl (C=S) groups is 1. The highest BCUT2D eigenvalue weighted by molar-refractivity contribution is 8.26. The first-order valence-corrected chi connectivity index (χ1v) is 12.1. The number of phenolic OH excluding ortho intramolecular Hbond substituents is 1. The number of carbonyl (C=O) groups excluding carboxylic acids is 3. The van der Waals surface area contributed by atoms with Gasteiger partial charge in [-0.05, 0) is 42.7 Å². The summed E-state index contributed by atoms with van der Waals surface area (Å²) in [5.74, 6) is -1.33. The van der Waals surface area contributed by atoms with Gasteiger partial charge in [-0.1, -0.05) is 42.5 Å². The van der Waals surface area contributed by atoms with Crippen LogP contribution in [0.4, 0.5) is 11.4 Å². The molecule has 2 aromatic rings. The van der Waals surface area contributed by atoms with Crippen molar-refractivity contribution in [2.75, 3.05) is 19.0 Å². The zero-order valence-corrected chi connectivity index (χ0v) is 20.9. The normalized spacial score (nSPS) is 14.2. The van der Waals surface area contributed by atoms with Crippen molar-refractivity contribution in [1.29, 1.82) is 0 Å². The zero-order chi connectivity index (χ0) is 26.2. The maximum atomic E-state index is 12.8. The molecule has 1 fully saturated rings. The van der Waals surface area contributed by atoms with Crippen molar-refractivity contribution in [2.45, 2.75) is 25.7 Å². The molecule has 0 radical (unpaired) electrons. The minimum absolute atomic E-state index is 0.106. The van der Waals surface area contributed by atoms with Gasteiger partial charge >= 0.3 is 5.97 Å². The molecular weight excluding hydrogens is 506 g/mol. The van der Waals surface area contributed by atoms with Crippen molar-refractivity contribution in [1.82, 2.24) is 4.90 Å². The molecular formula is C24H23N3O7S2. The standard InChI is InChI=1S/C24H23N3O7S2/c1-34-23(31)16-8-6-15(7-9-16)13-20-22(30)26(24(35)36-20)12-4-2-3-5-21(29)25-18-11-10-17(27(32)33)14-19(18)28/h6-11,13-14,28H,2-5,12H2,1H3,(H,25,29)/b20-13-. The van der Waals surface area contributed by atoms with Crippen LogP contribution in [0.2, 0.25) is 0 Å². The van der Waals surface area contributed by atoms with Crippen LogP contribution >= 0.6 is 24.0 Å². The highest BCUT2D eigenvalue weighted by Crippen LogP contribution is 2.33. The Hall–Kier alpha value is -3.77. The number of ether oxygens (including phenoxy) is 1. The fourth-order valence-electron chi connectivity index (χ4n) is 3.36. The number of rotatable bonds is 10. The number of benzene rings is 2. The molecule has 1 heterocycles. The molecule has 2 aromatic carbocycles. The van der Waals surface area contributed by atoms with Crippen LogP contribution in [0.5, 0.6) is 5.75 Å². The highest BCUT2D eigenvalue weighted by atomic mass is 32.2. The third-order valence-electron chi connectivity index (χ3n) is 5.25. The number of carbonyl (C=O) groups is 3. The Morgan fingerprint density at radius 1 is 1.19 bits per heavy atom. The van der Waals surface area contributed by atoms with Gasteiger partial charge < -0.3 is 15.2 Å². The summed E-state index contributed by atoms with van der Waals surface area (Å²) in [5, 5.41) is 23.1. The second-order valence-electron chi connectivity index (χ2n) is 7.76. The number of phenols is 1. The quantitative estimate of drug-likeness (QED) is 0.0867. The van der Waals surface area contributed by atoms with Gasteiger partial charge in [0.1, 0.15) is 10.1 Å². The van der Waals surface area contributed by atoms with Crippen LogP contribution in [0.15, 0.2) is 47.4 Å². The van der Waals surface area contributed by atoms with E-state index in [4.69, 9.17) is 12.2 Å². The molecule has 2 N–H and O–H groups in total. The number of thioether (sulfide) groups is 1. The van der Waals surface area contributed by atoms with E-state index in [1.54, 1.807) is 30.3 Å². The lowest BCUT2D eigenvalue weighted by Gasteiger charge is -2.14. The van der Waals surface area contributed by atoms with E-state index in [0.717, 1.165) is 11.6 Å². The third kappa shape index (κ3) is 6.89. The maximum Gasteiger partial charge on any atom is 0.337 e. The molecule has 2 amide bonds. The van der Waals surface area contributed by atoms with Crippen molar-refractivity contribution >= 4 is 63.5 Å². The molecule has 0 bridgehead atoms. The first-order valence-electron chi connectivity index (χ1n) is 10.9. The number of nitrogens with one attached hydrogen (secondary N) is 1. The molecule has 0 aliphatic carbocycles. The van der Waals surface area contributed by atoms with Gasteiger partial charge in [0.05, 0.1) is 34.3 Å². The van der Waals surface area contributed by atoms with Crippen molar-refractivity contribution in [3.05, 3.63) is 68.6 Å². The van der Waals surface area contributed by atoms with E-state index in [1.807, 2.05) is 0 Å². The number of nitrogens with zero attached hydrogens (tertiary/aromatic N) is 2. The van der Waals surface area contributed by atoms with Crippen LogP contribution < -0.4 is 5.32 Å². The first-order chi connectivity index (χ1) is 17.2. The Morgan fingerprint density at radius 2 is 1.92 bits per heavy atom. The molecule has 1 saturated heterocycles. The van der Waals surface area contributed by atoms with Crippen LogP contribution in [0.1, 0.15) is 41.6 Å². The van der Waals surface area contributed by atoms with Crippen LogP contribution in [0.3, 0.4) is 0 Å². The average molecular weight is 530 g/mol. The Morgan fingerprint density at radius 3 is 2.56 bits per heavy atom. The van der Waals surface area contributed by atoms with Crippen molar-refractivity contribution in [3.63, 3.8) is 0 Å². The lowest BCUT2D eigenvalue weighted by molar-refractivity contribution is -0.384. The number of amides is 2. The fourth-order valence-corrected chi connectivity index (χ4v) is 4.67. The highest BCUT2D eigenvalue weighted by Gasteiger charge is 2.31. The number of nitro groups is 1. The second kappa shape index (κ2) is 12.3. The number of nitro benzene ring substituents is 1. The van der Waals surface area contributed by atoms with Crippen molar-refractivity contribution in [3.8, 4) is 5.75 Å². The minimum Gasteiger partial charge on any atom is -0.506 e. The van der Waals surface area contributed by atoms with E-state index in [1.165, 1.54) is 35.9 Å². The van der Waals surface area contributed by atoms with E-state index in [9.17, 15) is 29.6 Å². The third-order valence-corrected chi connectivity index (χ3v) is 6.63. The molecule has 0 unspecified atom stereocenters. The molecule has 10 nitrogen and oxygen atoms in total. The van der Waals surface area contributed by atoms with Gasteiger partial charge in [0.15, 0.2) is 0 Å². The summed E-state index contributed by atoms with van der Waals surface area (Å²) in [4.78, 5) is 48.5. The summed E-state index contributed by atoms with van der Waals surface area (Å²) < 4.78 is 5.14. The van der Waals surface area contributed by atoms with Crippen LogP contribution in [-0.2, 0) is 14.3 Å². The molecule has 0 atom stereocenters. The van der Waals surface area contributed by atoms with E-state index in [-0.39, 0.29) is 35.4 Å². The largest absolute Gasteiger partial charge is 0.506 e. The average Bonchev–Trinajstić information content (AvgIpc) is 3.12. The SMILES string of the molecule is COC(=O)c1ccc(/C=C2\SC(=S)N(CCCCCC(=O)Nc3ccc([N+](=O)[O-])cc3O)C2=O)cc1. The molecule has 0 saturated carbocycles. The van der Waals surface area contributed by atoms with Crippen LogP contribution in [0, 0.1) is 10.1 Å². The Bertz CT molecular complexity index is 1230. The predicted octanol–water partition coefficient (Wildman–Crippen LogP) is 4.49. The Labute approximate surface area is 216 Å². The van der Waals surface area contributed by atoms with E-state index in [0.29, 0.717) is 40.6 Å². The fraction of sp³-hybridized carbons (Fsp3) is 0.250. The smallest absolute Gasteiger partial charge is 0.337 e. The number of non-ortho nitro benzene ring substituents is 1. The Balaban J connectivity index is 1.44. The molecule has 188 valence electrons. The molecule has 1 aliphatic rings. The van der Waals surface area contributed by atoms with Crippen LogP contribution in [0.25, 0.3) is 6.08 Å². The number of anilines is 1. The number of hydrogen-bond donors (Lipinski definition) is 2. The van der Waals surface area contributed by atoms with Gasteiger partial charge in [-0.3, -0.25) is 24.6 Å². The van der Waals surface area contributed by atoms with E-state index < -0.39 is 10.9 Å². The monoisotopic (exact) mass is 529 g/mol. The van der Waals surface area contributed by atoms with Crippen molar-refractivity contribution in [2.24, 2.45) is 0 Å². The summed E-state index contributed by atoms with van der Waals surface area (Å²) >= 11 is 6.56. The molecule has 1 aliphatic heterocycles. The number of unbranched alkanes of at least 4 members (excludes halogenated alkanes) is 2. The number of esters is 1. The van der Waals surface area contributed by atoms with Gasteiger partial charge in [-0.25, -0.2) is 4.79 Å². The minimum atomic E-state index is -0.636. The van der Waals surface area contributed by atoms with Gasteiger partial charge in [0, 0.05) is 19.0 Å². The number of methoxy groups -OCH3 is 1. The summed E-state index contributed by atoms with van der Waals surface area (Å²) in [6, 6.07) is 10.1. The van der Waals surface area contributed by atoms with E-state index >= 15 is 0 Å². The number of hydrogen-bond acceptors (Lipinski definition) is 9. The Kier molecular flexibility index (Phi) is 9.14. The van der Waals surface area contributed by atoms with Gasteiger partial charge in [-0.2, -0.15) is 0 Å². The summed E-state index contributed by atoms with van der Waals surface area (Å²) in [6.45, 7) is 0.425. The van der Waals surface area contributed by atoms with Crippen molar-refractivity contribution < 1.29 is 29.2 Å². The first kappa shape index (κ1) is 26.8. The van der Waals surface area contributed by atoms with Gasteiger partial charge in [0.2, 0.25) is 5.91 Å². The molecule has 0 spiro atoms. The molecule has 0 aromatic heterocycles. The number of aromatic hydroxyl groups is 1. The molecule has 36 heavy (non-hydrogen) atoms. The summed E-state index contributed by atoms with van der Waals surface area (Å²) in [6.07, 6.45) is 3.78. The van der Waals surface area contributed by atoms with Gasteiger partial charge in [0.25, 0.3) is 11.6 Å². The van der Waals surface area contributed by atoms with Gasteiger partial charge in [-0.15, -0.1) is 0 Å². The lowest BCUT2D eigenvalue weighted by atomic mass is 10.1. The van der Waals surface area contributed by atoms with Crippen LogP contribution in [-0.4, -0.2) is 50.7 Å². The lowest BCUT2D eigenvalue weighted by Crippen LogP contribution is -2.29. The summed E-state index contributed by atoms with van der Waals surface area (Å²) in [5.41, 5.74) is 1.01. The second-order valence-corrected chi connectivity index (χ2v) is 9.44.